The van der Waals surface area contributed by atoms with E-state index in [1.165, 1.54) is 6.92 Å². The van der Waals surface area contributed by atoms with E-state index in [1.807, 2.05) is 0 Å². The number of nitrogens with zero attached hydrogens (tertiary/aromatic N) is 2. The molecule has 0 amide bonds. The van der Waals surface area contributed by atoms with Gasteiger partial charge in [0, 0.05) is 17.8 Å². The molecule has 0 aliphatic carbocycles. The molecular weight excluding hydrogens is 353 g/mol. The molecule has 2 aromatic heterocycles. The predicted octanol–water partition coefficient (Wildman–Crippen LogP) is 2.96. The van der Waals surface area contributed by atoms with E-state index >= 15 is 0 Å². The second-order valence-electron chi connectivity index (χ2n) is 4.68. The summed E-state index contributed by atoms with van der Waals surface area (Å²) in [6, 6.07) is 1.08. The van der Waals surface area contributed by atoms with Gasteiger partial charge in [0.25, 0.3) is 0 Å². The maximum absolute atomic E-state index is 12.6. The number of ketones is 1. The number of aromatic nitrogens is 2. The Bertz CT molecular complexity index is 868. The number of aromatic hydroxyl groups is 1. The highest BCUT2D eigenvalue weighted by Crippen LogP contribution is 2.24. The number of rotatable bonds is 4. The number of hydrogen-bond acceptors (Lipinski definition) is 5. The minimum Gasteiger partial charge on any atom is -0.507 e. The molecule has 6 nitrogen and oxygen atoms in total. The SMILES string of the molecule is Cc1cc(O)c(C(=O)/C=C/c2cn(C(F)(F)F)nc2CCl)c(=O)o1. The number of hydrogen-bond donors (Lipinski definition) is 1. The highest BCUT2D eigenvalue weighted by molar-refractivity contribution is 6.17. The monoisotopic (exact) mass is 362 g/mol. The van der Waals surface area contributed by atoms with Crippen molar-refractivity contribution in [1.29, 1.82) is 0 Å². The molecule has 0 saturated carbocycles. The molecule has 0 saturated heterocycles. The maximum Gasteiger partial charge on any atom is 0.504 e. The molecule has 0 spiro atoms. The molecule has 10 heteroatoms. The van der Waals surface area contributed by atoms with Gasteiger partial charge in [0.05, 0.1) is 11.6 Å². The third-order valence-electron chi connectivity index (χ3n) is 2.92. The van der Waals surface area contributed by atoms with E-state index in [4.69, 9.17) is 16.0 Å². The van der Waals surface area contributed by atoms with Crippen molar-refractivity contribution in [3.8, 4) is 5.75 Å². The minimum absolute atomic E-state index is 0.0494. The van der Waals surface area contributed by atoms with Crippen LogP contribution in [0.1, 0.15) is 27.4 Å². The summed E-state index contributed by atoms with van der Waals surface area (Å²) in [5.74, 6) is -1.72. The number of allylic oxidation sites excluding steroid dienone is 1. The molecule has 0 aliphatic rings. The lowest BCUT2D eigenvalue weighted by atomic mass is 10.1. The van der Waals surface area contributed by atoms with Gasteiger partial charge < -0.3 is 9.52 Å². The molecule has 2 aromatic rings. The second kappa shape index (κ2) is 6.52. The molecule has 128 valence electrons. The van der Waals surface area contributed by atoms with Gasteiger partial charge in [-0.2, -0.15) is 9.78 Å². The summed E-state index contributed by atoms with van der Waals surface area (Å²) in [4.78, 5) is 23.6. The lowest BCUT2D eigenvalue weighted by Gasteiger charge is -2.03. The average molecular weight is 363 g/mol. The van der Waals surface area contributed by atoms with Crippen LogP contribution in [0.3, 0.4) is 0 Å². The Hall–Kier alpha value is -2.55. The number of aryl methyl sites for hydroxylation is 1. The Labute approximate surface area is 137 Å². The molecular formula is C14H10ClF3N2O4. The molecule has 0 bridgehead atoms. The molecule has 0 fully saturated rings. The molecule has 0 aromatic carbocycles. The van der Waals surface area contributed by atoms with Gasteiger partial charge in [-0.3, -0.25) is 4.79 Å². The van der Waals surface area contributed by atoms with E-state index in [0.29, 0.717) is 6.20 Å². The Morgan fingerprint density at radius 1 is 1.50 bits per heavy atom. The van der Waals surface area contributed by atoms with Gasteiger partial charge in [0.2, 0.25) is 0 Å². The minimum atomic E-state index is -4.73. The third-order valence-corrected chi connectivity index (χ3v) is 3.18. The van der Waals surface area contributed by atoms with Crippen LogP contribution in [-0.4, -0.2) is 20.7 Å². The van der Waals surface area contributed by atoms with Gasteiger partial charge in [0.1, 0.15) is 17.1 Å². The van der Waals surface area contributed by atoms with Crippen LogP contribution in [-0.2, 0) is 12.2 Å². The Morgan fingerprint density at radius 2 is 2.17 bits per heavy atom. The fourth-order valence-electron chi connectivity index (χ4n) is 1.87. The molecule has 1 N–H and O–H groups in total. The zero-order valence-electron chi connectivity index (χ0n) is 12.1. The number of carbonyl (C=O) groups is 1. The van der Waals surface area contributed by atoms with Crippen molar-refractivity contribution in [1.82, 2.24) is 9.78 Å². The fourth-order valence-corrected chi connectivity index (χ4v) is 2.08. The summed E-state index contributed by atoms with van der Waals surface area (Å²) in [6.45, 7) is 1.41. The number of alkyl halides is 4. The zero-order chi connectivity index (χ0) is 18.1. The normalized spacial score (nSPS) is 12.0. The lowest BCUT2D eigenvalue weighted by Crippen LogP contribution is -2.17. The molecule has 2 rings (SSSR count). The van der Waals surface area contributed by atoms with Crippen LogP contribution in [0.15, 0.2) is 27.6 Å². The van der Waals surface area contributed by atoms with E-state index in [1.54, 1.807) is 0 Å². The van der Waals surface area contributed by atoms with Crippen molar-refractivity contribution in [3.05, 3.63) is 51.3 Å². The first kappa shape index (κ1) is 17.8. The molecule has 0 unspecified atom stereocenters. The summed E-state index contributed by atoms with van der Waals surface area (Å²) in [6.07, 6.45) is -2.23. The number of carbonyl (C=O) groups excluding carboxylic acids is 1. The van der Waals surface area contributed by atoms with Crippen LogP contribution in [0.4, 0.5) is 13.2 Å². The first-order chi connectivity index (χ1) is 11.1. The van der Waals surface area contributed by atoms with E-state index < -0.39 is 29.0 Å². The summed E-state index contributed by atoms with van der Waals surface area (Å²) >= 11 is 5.53. The van der Waals surface area contributed by atoms with E-state index in [-0.39, 0.29) is 27.6 Å². The van der Waals surface area contributed by atoms with E-state index in [9.17, 15) is 27.9 Å². The van der Waals surface area contributed by atoms with Crippen molar-refractivity contribution in [2.45, 2.75) is 19.1 Å². The largest absolute Gasteiger partial charge is 0.507 e. The van der Waals surface area contributed by atoms with Crippen molar-refractivity contribution >= 4 is 23.5 Å². The van der Waals surface area contributed by atoms with Gasteiger partial charge >= 0.3 is 11.9 Å². The van der Waals surface area contributed by atoms with Gasteiger partial charge in [0.15, 0.2) is 5.78 Å². The summed E-state index contributed by atoms with van der Waals surface area (Å²) in [7, 11) is 0. The smallest absolute Gasteiger partial charge is 0.504 e. The highest BCUT2D eigenvalue weighted by Gasteiger charge is 2.32. The fraction of sp³-hybridized carbons (Fsp3) is 0.214. The van der Waals surface area contributed by atoms with E-state index in [2.05, 4.69) is 5.10 Å². The zero-order valence-corrected chi connectivity index (χ0v) is 12.9. The second-order valence-corrected chi connectivity index (χ2v) is 4.95. The van der Waals surface area contributed by atoms with Gasteiger partial charge in [-0.1, -0.05) is 0 Å². The van der Waals surface area contributed by atoms with Crippen LogP contribution in [0, 0.1) is 6.92 Å². The van der Waals surface area contributed by atoms with Crippen LogP contribution < -0.4 is 5.63 Å². The van der Waals surface area contributed by atoms with Gasteiger partial charge in [-0.05, 0) is 19.1 Å². The Balaban J connectivity index is 2.37. The molecule has 2 heterocycles. The molecule has 0 radical (unpaired) electrons. The van der Waals surface area contributed by atoms with Crippen LogP contribution in [0.5, 0.6) is 5.75 Å². The summed E-state index contributed by atoms with van der Waals surface area (Å²) < 4.78 is 42.3. The number of halogens is 4. The first-order valence-electron chi connectivity index (χ1n) is 6.41. The topological polar surface area (TPSA) is 85.3 Å². The summed E-state index contributed by atoms with van der Waals surface area (Å²) in [5, 5.41) is 12.9. The highest BCUT2D eigenvalue weighted by atomic mass is 35.5. The predicted molar refractivity (Wildman–Crippen MR) is 77.8 cm³/mol. The van der Waals surface area contributed by atoms with Crippen molar-refractivity contribution in [3.63, 3.8) is 0 Å². The Morgan fingerprint density at radius 3 is 2.71 bits per heavy atom. The van der Waals surface area contributed by atoms with Gasteiger partial charge in [-0.25, -0.2) is 4.79 Å². The van der Waals surface area contributed by atoms with Crippen LogP contribution in [0.25, 0.3) is 6.08 Å². The van der Waals surface area contributed by atoms with E-state index in [0.717, 1.165) is 18.2 Å². The quantitative estimate of drug-likeness (QED) is 0.513. The van der Waals surface area contributed by atoms with Crippen molar-refractivity contribution in [2.75, 3.05) is 0 Å². The van der Waals surface area contributed by atoms with Crippen LogP contribution >= 0.6 is 11.6 Å². The van der Waals surface area contributed by atoms with Crippen molar-refractivity contribution < 1.29 is 27.5 Å². The molecule has 0 atom stereocenters. The Kier molecular flexibility index (Phi) is 4.83. The van der Waals surface area contributed by atoms with Gasteiger partial charge in [-0.15, -0.1) is 24.8 Å². The maximum atomic E-state index is 12.6. The van der Waals surface area contributed by atoms with Crippen molar-refractivity contribution in [2.24, 2.45) is 0 Å². The summed E-state index contributed by atoms with van der Waals surface area (Å²) in [5.41, 5.74) is -1.82. The molecule has 0 aliphatic heterocycles. The van der Waals surface area contributed by atoms with Crippen LogP contribution in [0.2, 0.25) is 0 Å². The lowest BCUT2D eigenvalue weighted by molar-refractivity contribution is -0.212. The third kappa shape index (κ3) is 3.67. The standard InChI is InChI=1S/C14H10ClF3N2O4/c1-7-4-11(22)12(13(23)24-7)10(21)3-2-8-6-20(14(16,17)18)19-9(8)5-15/h2-4,6,22H,5H2,1H3/b3-2+. The first-order valence-corrected chi connectivity index (χ1v) is 6.94. The molecule has 24 heavy (non-hydrogen) atoms. The average Bonchev–Trinajstić information content (AvgIpc) is 2.87.